The van der Waals surface area contributed by atoms with Gasteiger partial charge in [0.05, 0.1) is 22.2 Å². The van der Waals surface area contributed by atoms with E-state index in [9.17, 15) is 18.3 Å². The SMILES string of the molecule is COC(C)OCc1c(S(C)(=O)=O)ccc(C(=O)c2c(C)nn(C)c2O)c1Cl. The molecule has 0 aliphatic rings. The van der Waals surface area contributed by atoms with Crippen LogP contribution in [0.2, 0.25) is 5.02 Å². The van der Waals surface area contributed by atoms with Crippen LogP contribution in [0, 0.1) is 6.92 Å². The van der Waals surface area contributed by atoms with Gasteiger partial charge in [0, 0.05) is 31.5 Å². The lowest BCUT2D eigenvalue weighted by atomic mass is 10.0. The summed E-state index contributed by atoms with van der Waals surface area (Å²) in [4.78, 5) is 12.9. The molecule has 2 rings (SSSR count). The Hall–Kier alpha value is -1.94. The molecule has 8 nitrogen and oxygen atoms in total. The quantitative estimate of drug-likeness (QED) is 0.544. The minimum atomic E-state index is -3.61. The number of aromatic nitrogens is 2. The normalized spacial score (nSPS) is 13.0. The molecule has 1 aromatic carbocycles. The number of methoxy groups -OCH3 is 1. The lowest BCUT2D eigenvalue weighted by molar-refractivity contribution is -0.119. The van der Waals surface area contributed by atoms with Gasteiger partial charge in [-0.2, -0.15) is 5.10 Å². The largest absolute Gasteiger partial charge is 0.493 e. The number of aromatic hydroxyl groups is 1. The molecule has 0 saturated heterocycles. The molecule has 1 aromatic heterocycles. The van der Waals surface area contributed by atoms with Crippen molar-refractivity contribution < 1.29 is 27.8 Å². The second kappa shape index (κ2) is 7.97. The van der Waals surface area contributed by atoms with Crippen molar-refractivity contribution in [2.75, 3.05) is 13.4 Å². The van der Waals surface area contributed by atoms with Crippen LogP contribution in [0.4, 0.5) is 0 Å². The molecule has 0 saturated carbocycles. The van der Waals surface area contributed by atoms with Crippen molar-refractivity contribution in [1.82, 2.24) is 9.78 Å². The fourth-order valence-corrected chi connectivity index (χ4v) is 3.86. The highest BCUT2D eigenvalue weighted by molar-refractivity contribution is 7.90. The Morgan fingerprint density at radius 3 is 2.52 bits per heavy atom. The Labute approximate surface area is 162 Å². The molecule has 0 aliphatic heterocycles. The van der Waals surface area contributed by atoms with Gasteiger partial charge >= 0.3 is 0 Å². The first-order chi connectivity index (χ1) is 12.5. The van der Waals surface area contributed by atoms with Gasteiger partial charge in [-0.15, -0.1) is 0 Å². The number of benzene rings is 1. The number of carbonyl (C=O) groups is 1. The van der Waals surface area contributed by atoms with Gasteiger partial charge in [0.15, 0.2) is 16.1 Å². The van der Waals surface area contributed by atoms with Gasteiger partial charge in [-0.25, -0.2) is 13.1 Å². The van der Waals surface area contributed by atoms with Crippen LogP contribution >= 0.6 is 11.6 Å². The lowest BCUT2D eigenvalue weighted by Gasteiger charge is -2.16. The molecule has 1 atom stereocenters. The summed E-state index contributed by atoms with van der Waals surface area (Å²) in [6.45, 7) is 3.05. The molecule has 0 radical (unpaired) electrons. The van der Waals surface area contributed by atoms with Crippen LogP contribution in [0.25, 0.3) is 0 Å². The van der Waals surface area contributed by atoms with Crippen molar-refractivity contribution >= 4 is 27.2 Å². The van der Waals surface area contributed by atoms with Gasteiger partial charge in [0.25, 0.3) is 0 Å². The maximum absolute atomic E-state index is 12.9. The number of ketones is 1. The summed E-state index contributed by atoms with van der Waals surface area (Å²) < 4.78 is 35.8. The average molecular weight is 417 g/mol. The molecule has 0 amide bonds. The predicted octanol–water partition coefficient (Wildman–Crippen LogP) is 2.23. The first-order valence-corrected chi connectivity index (χ1v) is 10.2. The van der Waals surface area contributed by atoms with E-state index < -0.39 is 21.9 Å². The van der Waals surface area contributed by atoms with E-state index in [1.165, 1.54) is 31.0 Å². The lowest BCUT2D eigenvalue weighted by Crippen LogP contribution is -2.14. The topological polar surface area (TPSA) is 108 Å². The molecular formula is C17H21ClN2O6S. The van der Waals surface area contributed by atoms with Crippen molar-refractivity contribution in [1.29, 1.82) is 0 Å². The minimum Gasteiger partial charge on any atom is -0.493 e. The van der Waals surface area contributed by atoms with Crippen molar-refractivity contribution in [2.45, 2.75) is 31.6 Å². The van der Waals surface area contributed by atoms with Crippen LogP contribution in [-0.2, 0) is 33.0 Å². The minimum absolute atomic E-state index is 0.00336. The van der Waals surface area contributed by atoms with Crippen molar-refractivity contribution in [3.05, 3.63) is 39.5 Å². The number of hydrogen-bond acceptors (Lipinski definition) is 7. The van der Waals surface area contributed by atoms with E-state index >= 15 is 0 Å². The van der Waals surface area contributed by atoms with Crippen LogP contribution in [-0.4, -0.2) is 48.7 Å². The van der Waals surface area contributed by atoms with E-state index in [0.29, 0.717) is 5.69 Å². The number of carbonyl (C=O) groups excluding carboxylic acids is 1. The molecular weight excluding hydrogens is 396 g/mol. The fourth-order valence-electron chi connectivity index (χ4n) is 2.58. The molecule has 27 heavy (non-hydrogen) atoms. The van der Waals surface area contributed by atoms with E-state index in [1.54, 1.807) is 13.8 Å². The first kappa shape index (κ1) is 21.4. The number of ether oxygens (including phenoxy) is 2. The monoisotopic (exact) mass is 416 g/mol. The number of nitrogens with zero attached hydrogens (tertiary/aromatic N) is 2. The third-order valence-corrected chi connectivity index (χ3v) is 5.67. The van der Waals surface area contributed by atoms with Crippen LogP contribution in [0.3, 0.4) is 0 Å². The zero-order chi connectivity index (χ0) is 20.5. The molecule has 0 spiro atoms. The van der Waals surface area contributed by atoms with Gasteiger partial charge in [0.1, 0.15) is 5.56 Å². The highest BCUT2D eigenvalue weighted by Gasteiger charge is 2.27. The number of sulfone groups is 1. The van der Waals surface area contributed by atoms with Crippen molar-refractivity contribution in [3.8, 4) is 5.88 Å². The van der Waals surface area contributed by atoms with E-state index in [0.717, 1.165) is 6.26 Å². The summed E-state index contributed by atoms with van der Waals surface area (Å²) in [5.41, 5.74) is 0.520. The van der Waals surface area contributed by atoms with Crippen LogP contribution < -0.4 is 0 Å². The van der Waals surface area contributed by atoms with Crippen LogP contribution in [0.1, 0.15) is 34.1 Å². The summed E-state index contributed by atoms with van der Waals surface area (Å²) in [6.07, 6.45) is 0.443. The number of halogens is 1. The molecule has 10 heteroatoms. The van der Waals surface area contributed by atoms with Gasteiger partial charge < -0.3 is 14.6 Å². The van der Waals surface area contributed by atoms with Crippen molar-refractivity contribution in [3.63, 3.8) is 0 Å². The predicted molar refractivity (Wildman–Crippen MR) is 98.9 cm³/mol. The summed E-state index contributed by atoms with van der Waals surface area (Å²) in [6, 6.07) is 2.61. The zero-order valence-electron chi connectivity index (χ0n) is 15.6. The second-order valence-corrected chi connectivity index (χ2v) is 8.39. The standard InChI is InChI=1S/C17H21ClN2O6S/c1-9-14(17(22)20(3)19-9)16(21)11-6-7-13(27(5,23)24)12(15(11)18)8-26-10(2)25-4/h6-7,10,22H,8H2,1-5H3. The molecule has 1 N–H and O–H groups in total. The second-order valence-electron chi connectivity index (χ2n) is 6.03. The van der Waals surface area contributed by atoms with Gasteiger partial charge in [-0.3, -0.25) is 4.79 Å². The first-order valence-electron chi connectivity index (χ1n) is 7.92. The van der Waals surface area contributed by atoms with E-state index in [2.05, 4.69) is 5.10 Å². The van der Waals surface area contributed by atoms with Gasteiger partial charge in [-0.1, -0.05) is 11.6 Å². The summed E-state index contributed by atoms with van der Waals surface area (Å²) in [5.74, 6) is -0.865. The third kappa shape index (κ3) is 4.32. The molecule has 2 aromatic rings. The van der Waals surface area contributed by atoms with Crippen LogP contribution in [0.15, 0.2) is 17.0 Å². The zero-order valence-corrected chi connectivity index (χ0v) is 17.2. The van der Waals surface area contributed by atoms with E-state index in [-0.39, 0.29) is 39.1 Å². The third-order valence-electron chi connectivity index (χ3n) is 4.06. The average Bonchev–Trinajstić information content (AvgIpc) is 2.83. The fraction of sp³-hybridized carbons (Fsp3) is 0.412. The Morgan fingerprint density at radius 1 is 1.41 bits per heavy atom. The number of aryl methyl sites for hydroxylation is 2. The van der Waals surface area contributed by atoms with Gasteiger partial charge in [0.2, 0.25) is 11.7 Å². The van der Waals surface area contributed by atoms with E-state index in [1.807, 2.05) is 0 Å². The molecule has 0 aliphatic carbocycles. The van der Waals surface area contributed by atoms with E-state index in [4.69, 9.17) is 21.1 Å². The highest BCUT2D eigenvalue weighted by atomic mass is 35.5. The number of rotatable bonds is 7. The molecule has 1 unspecified atom stereocenters. The highest BCUT2D eigenvalue weighted by Crippen LogP contribution is 2.32. The maximum Gasteiger partial charge on any atom is 0.220 e. The molecule has 1 heterocycles. The summed E-state index contributed by atoms with van der Waals surface area (Å²) >= 11 is 6.39. The summed E-state index contributed by atoms with van der Waals surface area (Å²) in [5, 5.41) is 14.0. The van der Waals surface area contributed by atoms with Gasteiger partial charge in [-0.05, 0) is 26.0 Å². The Morgan fingerprint density at radius 2 is 2.04 bits per heavy atom. The maximum atomic E-state index is 12.9. The number of hydrogen-bond donors (Lipinski definition) is 1. The Kier molecular flexibility index (Phi) is 6.31. The molecule has 0 fully saturated rings. The molecule has 148 valence electrons. The summed E-state index contributed by atoms with van der Waals surface area (Å²) in [7, 11) is -0.671. The Bertz CT molecular complexity index is 984. The van der Waals surface area contributed by atoms with Crippen LogP contribution in [0.5, 0.6) is 5.88 Å². The van der Waals surface area contributed by atoms with Crippen molar-refractivity contribution in [2.24, 2.45) is 7.05 Å². The molecule has 0 bridgehead atoms. The Balaban J connectivity index is 2.60. The smallest absolute Gasteiger partial charge is 0.220 e.